The molecule has 20 heteroatoms. The number of carbonyl (C=O) groups is 4. The van der Waals surface area contributed by atoms with E-state index < -0.39 is 47.7 Å². The van der Waals surface area contributed by atoms with E-state index in [2.05, 4.69) is 36.2 Å². The summed E-state index contributed by atoms with van der Waals surface area (Å²) in [5.41, 5.74) is 3.08. The minimum atomic E-state index is -1.03. The lowest BCUT2D eigenvalue weighted by Crippen LogP contribution is -2.54. The number of fused-ring (bicyclic) bond motifs is 2. The number of amides is 4. The first-order chi connectivity index (χ1) is 36.2. The number of nitrogens with one attached hydrogen (secondary N) is 4. The van der Waals surface area contributed by atoms with Crippen molar-refractivity contribution in [3.63, 3.8) is 0 Å². The van der Waals surface area contributed by atoms with Crippen molar-refractivity contribution in [1.82, 2.24) is 35.4 Å². The zero-order valence-electron chi connectivity index (χ0n) is 44.1. The highest BCUT2D eigenvalue weighted by atomic mass is 16.6. The molecule has 4 atom stereocenters. The molecule has 2 aliphatic carbocycles. The lowest BCUT2D eigenvalue weighted by atomic mass is 9.91. The van der Waals surface area contributed by atoms with Crippen LogP contribution in [0.1, 0.15) is 129 Å². The number of hydrogen-bond acceptors (Lipinski definition) is 16. The van der Waals surface area contributed by atoms with E-state index >= 15 is 0 Å². The van der Waals surface area contributed by atoms with Gasteiger partial charge in [-0.05, 0) is 164 Å². The Bertz CT molecular complexity index is 2810. The molecule has 9 rings (SSSR count). The van der Waals surface area contributed by atoms with Crippen LogP contribution in [0.2, 0.25) is 0 Å². The second-order valence-corrected chi connectivity index (χ2v) is 21.9. The number of aliphatic hydroxyl groups excluding tert-OH is 2. The molecule has 20 nitrogen and oxygen atoms in total. The maximum Gasteiger partial charge on any atom is 0.410 e. The fourth-order valence-electron chi connectivity index (χ4n) is 9.16. The summed E-state index contributed by atoms with van der Waals surface area (Å²) >= 11 is 0. The maximum absolute atomic E-state index is 13.3. The molecule has 0 unspecified atom stereocenters. The van der Waals surface area contributed by atoms with Crippen LogP contribution in [0.3, 0.4) is 0 Å². The largest absolute Gasteiger partial charge is 0.508 e. The van der Waals surface area contributed by atoms with E-state index in [1.54, 1.807) is 103 Å². The molecule has 2 saturated carbocycles. The second kappa shape index (κ2) is 24.0. The Hall–Kier alpha value is -7.45. The first-order valence-electron chi connectivity index (χ1n) is 26.0. The number of aliphatic hydroxyl groups is 2. The molecular formula is C56H71N9O11. The van der Waals surface area contributed by atoms with Crippen molar-refractivity contribution < 1.29 is 53.1 Å². The number of aromatic hydroxyl groups is 1. The maximum atomic E-state index is 13.3. The van der Waals surface area contributed by atoms with Gasteiger partial charge in [0.15, 0.2) is 12.2 Å². The fraction of sp³-hybridized carbons (Fsp3) is 0.482. The fourth-order valence-corrected chi connectivity index (χ4v) is 9.16. The molecule has 0 spiro atoms. The quantitative estimate of drug-likeness (QED) is 0.0544. The number of ether oxygens (including phenoxy) is 3. The Morgan fingerprint density at radius 3 is 1.61 bits per heavy atom. The number of nitrogens with zero attached hydrogens (tertiary/aromatic N) is 5. The Morgan fingerprint density at radius 1 is 0.671 bits per heavy atom. The number of hydrogen-bond donors (Lipinski definition) is 7. The van der Waals surface area contributed by atoms with Gasteiger partial charge < -0.3 is 55.2 Å². The first kappa shape index (κ1) is 54.8. The summed E-state index contributed by atoms with van der Waals surface area (Å²) in [5, 5.41) is 44.4. The van der Waals surface area contributed by atoms with Crippen molar-refractivity contribution in [1.29, 1.82) is 0 Å². The summed E-state index contributed by atoms with van der Waals surface area (Å²) in [6.45, 7) is 11.3. The first-order valence-corrected chi connectivity index (χ1v) is 26.0. The average Bonchev–Trinajstić information content (AvgIpc) is 3.89. The molecule has 4 aliphatic rings. The van der Waals surface area contributed by atoms with Gasteiger partial charge in [-0.3, -0.25) is 19.4 Å². The number of phenolic OH excluding ortho intramolecular Hbond substituents is 1. The van der Waals surface area contributed by atoms with Gasteiger partial charge in [-0.2, -0.15) is 0 Å². The smallest absolute Gasteiger partial charge is 0.410 e. The van der Waals surface area contributed by atoms with Gasteiger partial charge in [0.25, 0.3) is 11.8 Å². The number of pyridine rings is 2. The highest BCUT2D eigenvalue weighted by Gasteiger charge is 2.39. The van der Waals surface area contributed by atoms with E-state index in [0.29, 0.717) is 59.2 Å². The zero-order valence-corrected chi connectivity index (χ0v) is 44.1. The monoisotopic (exact) mass is 1050 g/mol. The lowest BCUT2D eigenvalue weighted by Gasteiger charge is -2.40. The molecule has 0 radical (unpaired) electrons. The van der Waals surface area contributed by atoms with Crippen molar-refractivity contribution in [2.75, 3.05) is 23.7 Å². The highest BCUT2D eigenvalue weighted by molar-refractivity contribution is 5.95. The molecule has 406 valence electrons. The molecule has 76 heavy (non-hydrogen) atoms. The lowest BCUT2D eigenvalue weighted by molar-refractivity contribution is -0.0118. The van der Waals surface area contributed by atoms with Gasteiger partial charge in [0.2, 0.25) is 0 Å². The van der Waals surface area contributed by atoms with Crippen molar-refractivity contribution >= 4 is 35.6 Å². The molecule has 5 heterocycles. The van der Waals surface area contributed by atoms with E-state index in [1.807, 2.05) is 18.2 Å². The summed E-state index contributed by atoms with van der Waals surface area (Å²) in [7, 11) is 0. The van der Waals surface area contributed by atoms with Crippen LogP contribution in [0.25, 0.3) is 0 Å². The number of phenols is 1. The summed E-state index contributed by atoms with van der Waals surface area (Å²) in [6, 6.07) is 16.9. The predicted molar refractivity (Wildman–Crippen MR) is 282 cm³/mol. The molecular weight excluding hydrogens is 975 g/mol. The van der Waals surface area contributed by atoms with Gasteiger partial charge in [0.05, 0.1) is 30.5 Å². The SMILES string of the molecule is CC(C)(C)OC(=O)N1Cc2cc(O)ccc2C[C@H]1[C@H](O)CNC(=O)c1ccnc(NC2CCC2)c1.CC(C)(C)OC(=O)N1Cc2cc(OCc3cnco3)ccc2C[C@H]1[C@H](O)CNC(=O)c1ccnc(NC2CCC2)c1. The number of benzene rings is 2. The van der Waals surface area contributed by atoms with Gasteiger partial charge in [-0.25, -0.2) is 24.5 Å². The summed E-state index contributed by atoms with van der Waals surface area (Å²) in [5.74, 6) is 2.01. The van der Waals surface area contributed by atoms with Crippen LogP contribution in [0.15, 0.2) is 90.1 Å². The minimum absolute atomic E-state index is 0.0375. The summed E-state index contributed by atoms with van der Waals surface area (Å²) in [4.78, 5) is 67.4. The van der Waals surface area contributed by atoms with E-state index in [9.17, 15) is 34.5 Å². The second-order valence-electron chi connectivity index (χ2n) is 21.9. The Kier molecular flexibility index (Phi) is 17.3. The third-order valence-corrected chi connectivity index (χ3v) is 13.6. The summed E-state index contributed by atoms with van der Waals surface area (Å²) in [6.07, 6.45) is 10.5. The molecule has 2 fully saturated rings. The predicted octanol–water partition coefficient (Wildman–Crippen LogP) is 7.27. The van der Waals surface area contributed by atoms with Crippen molar-refractivity contribution in [3.05, 3.63) is 125 Å². The molecule has 3 aromatic heterocycles. The Balaban J connectivity index is 0.000000204. The van der Waals surface area contributed by atoms with Gasteiger partial charge in [0, 0.05) is 61.8 Å². The minimum Gasteiger partial charge on any atom is -0.508 e. The average molecular weight is 1050 g/mol. The Labute approximate surface area is 442 Å². The number of oxazole rings is 1. The topological polar surface area (TPSA) is 263 Å². The normalized spacial score (nSPS) is 18.2. The zero-order chi connectivity index (χ0) is 54.1. The molecule has 2 aromatic carbocycles. The van der Waals surface area contributed by atoms with Crippen LogP contribution in [0.5, 0.6) is 11.5 Å². The van der Waals surface area contributed by atoms with Crippen LogP contribution in [-0.2, 0) is 42.0 Å². The van der Waals surface area contributed by atoms with E-state index in [1.165, 1.54) is 29.0 Å². The number of aromatic nitrogens is 3. The van der Waals surface area contributed by atoms with Crippen LogP contribution in [-0.4, -0.2) is 125 Å². The van der Waals surface area contributed by atoms with Crippen LogP contribution in [0.4, 0.5) is 21.2 Å². The van der Waals surface area contributed by atoms with Gasteiger partial charge in [-0.15, -0.1) is 0 Å². The van der Waals surface area contributed by atoms with Crippen LogP contribution in [0, 0.1) is 0 Å². The van der Waals surface area contributed by atoms with Crippen molar-refractivity contribution in [2.45, 2.75) is 160 Å². The number of carbonyl (C=O) groups excluding carboxylic acids is 4. The van der Waals surface area contributed by atoms with Crippen molar-refractivity contribution in [2.24, 2.45) is 0 Å². The molecule has 7 N–H and O–H groups in total. The number of rotatable bonds is 15. The van der Waals surface area contributed by atoms with Gasteiger partial charge >= 0.3 is 12.2 Å². The molecule has 5 aromatic rings. The van der Waals surface area contributed by atoms with Gasteiger partial charge in [-0.1, -0.05) is 12.1 Å². The van der Waals surface area contributed by atoms with Crippen LogP contribution >= 0.6 is 0 Å². The van der Waals surface area contributed by atoms with E-state index in [-0.39, 0.29) is 50.3 Å². The highest BCUT2D eigenvalue weighted by Crippen LogP contribution is 2.32. The van der Waals surface area contributed by atoms with Crippen LogP contribution < -0.4 is 26.0 Å². The molecule has 0 bridgehead atoms. The number of anilines is 2. The third kappa shape index (κ3) is 14.9. The third-order valence-electron chi connectivity index (χ3n) is 13.6. The van der Waals surface area contributed by atoms with Gasteiger partial charge in [0.1, 0.15) is 40.9 Å². The molecule has 4 amide bonds. The van der Waals surface area contributed by atoms with Crippen molar-refractivity contribution in [3.8, 4) is 11.5 Å². The molecule has 0 saturated heterocycles. The Morgan fingerprint density at radius 2 is 1.16 bits per heavy atom. The standard InChI is InChI=1S/C30H37N5O6.C26H34N4O5/c1-30(2,3)41-29(38)35-16-21-11-23(39-17-24-14-31-18-40-24)8-7-19(21)12-25(35)26(36)15-33-28(37)20-9-10-32-27(13-20)34-22-5-4-6-22;1-26(2,3)35-25(34)30-15-18-11-20(31)8-7-16(18)12-21(30)22(32)14-28-24(33)17-9-10-27-23(13-17)29-19-5-4-6-19/h7-11,13-14,18,22,25-26,36H,4-6,12,15-17H2,1-3H3,(H,32,34)(H,33,37);7-11,13,19,21-22,31-32H,4-6,12,14-15H2,1-3H3,(H,27,29)(H,28,33)/t25-,26+;21-,22+/m00/s1. The van der Waals surface area contributed by atoms with E-state index in [0.717, 1.165) is 47.9 Å². The molecule has 2 aliphatic heterocycles. The van der Waals surface area contributed by atoms with E-state index in [4.69, 9.17) is 18.6 Å². The summed E-state index contributed by atoms with van der Waals surface area (Å²) < 4.78 is 22.3.